The molecule has 3 rings (SSSR count). The van der Waals surface area contributed by atoms with Crippen molar-refractivity contribution in [3.8, 4) is 0 Å². The maximum absolute atomic E-state index is 12.5. The van der Waals surface area contributed by atoms with Gasteiger partial charge in [0.05, 0.1) is 18.3 Å². The molecule has 2 aliphatic rings. The van der Waals surface area contributed by atoms with Crippen molar-refractivity contribution in [1.82, 2.24) is 4.90 Å². The second kappa shape index (κ2) is 9.41. The molecule has 1 aromatic carbocycles. The summed E-state index contributed by atoms with van der Waals surface area (Å²) in [7, 11) is 0. The fourth-order valence-electron chi connectivity index (χ4n) is 4.16. The molecule has 1 N–H and O–H groups in total. The Balaban J connectivity index is 1.46. The Kier molecular flexibility index (Phi) is 6.90. The normalized spacial score (nSPS) is 22.1. The molecule has 1 saturated heterocycles. The van der Waals surface area contributed by atoms with E-state index in [-0.39, 0.29) is 36.6 Å². The van der Waals surface area contributed by atoms with Crippen LogP contribution in [-0.2, 0) is 23.9 Å². The van der Waals surface area contributed by atoms with Gasteiger partial charge in [-0.1, -0.05) is 38.8 Å². The van der Waals surface area contributed by atoms with Gasteiger partial charge in [0.15, 0.2) is 6.10 Å². The Labute approximate surface area is 177 Å². The lowest BCUT2D eigenvalue weighted by atomic mass is 9.81. The number of anilines is 1. The maximum atomic E-state index is 12.5. The maximum Gasteiger partial charge on any atom is 0.308 e. The monoisotopic (exact) mass is 414 g/mol. The smallest absolute Gasteiger partial charge is 0.308 e. The molecule has 3 atom stereocenters. The van der Waals surface area contributed by atoms with Gasteiger partial charge >= 0.3 is 5.97 Å². The SMILES string of the molecule is CC(C)c1ccc(NC(=O)[C@@H](C)OC(=O)CCN2C(=O)[C@H]3CCCC[C@@H]3C2=O)cc1. The van der Waals surface area contributed by atoms with Gasteiger partial charge in [-0.2, -0.15) is 0 Å². The highest BCUT2D eigenvalue weighted by Crippen LogP contribution is 2.38. The zero-order valence-electron chi connectivity index (χ0n) is 17.8. The lowest BCUT2D eigenvalue weighted by Gasteiger charge is -2.19. The average molecular weight is 415 g/mol. The van der Waals surface area contributed by atoms with Crippen LogP contribution in [0.2, 0.25) is 0 Å². The first-order valence-electron chi connectivity index (χ1n) is 10.7. The van der Waals surface area contributed by atoms with Crippen molar-refractivity contribution in [3.05, 3.63) is 29.8 Å². The number of rotatable bonds is 7. The third-order valence-electron chi connectivity index (χ3n) is 5.99. The topological polar surface area (TPSA) is 92.8 Å². The highest BCUT2D eigenvalue weighted by atomic mass is 16.5. The number of fused-ring (bicyclic) bond motifs is 1. The minimum Gasteiger partial charge on any atom is -0.452 e. The summed E-state index contributed by atoms with van der Waals surface area (Å²) in [6.45, 7) is 5.68. The second-order valence-corrected chi connectivity index (χ2v) is 8.47. The van der Waals surface area contributed by atoms with Gasteiger partial charge in [0.2, 0.25) is 11.8 Å². The molecule has 1 aromatic rings. The molecule has 7 nitrogen and oxygen atoms in total. The van der Waals surface area contributed by atoms with Gasteiger partial charge in [0.25, 0.3) is 5.91 Å². The lowest BCUT2D eigenvalue weighted by Crippen LogP contribution is -2.35. The number of likely N-dealkylation sites (tertiary alicyclic amines) is 1. The lowest BCUT2D eigenvalue weighted by molar-refractivity contribution is -0.154. The summed E-state index contributed by atoms with van der Waals surface area (Å²) in [5.41, 5.74) is 1.79. The first-order chi connectivity index (χ1) is 14.3. The highest BCUT2D eigenvalue weighted by molar-refractivity contribution is 6.05. The van der Waals surface area contributed by atoms with Crippen LogP contribution in [0.15, 0.2) is 24.3 Å². The van der Waals surface area contributed by atoms with Crippen LogP contribution in [0, 0.1) is 11.8 Å². The zero-order valence-corrected chi connectivity index (χ0v) is 17.8. The van der Waals surface area contributed by atoms with Crippen molar-refractivity contribution in [1.29, 1.82) is 0 Å². The largest absolute Gasteiger partial charge is 0.452 e. The standard InChI is InChI=1S/C23H30N2O5/c1-14(2)16-8-10-17(11-9-16)24-21(27)15(3)30-20(26)12-13-25-22(28)18-6-4-5-7-19(18)23(25)29/h8-11,14-15,18-19H,4-7,12-13H2,1-3H3,(H,24,27)/t15-,18+,19+/m1/s1. The fourth-order valence-corrected chi connectivity index (χ4v) is 4.16. The van der Waals surface area contributed by atoms with Crippen molar-refractivity contribution in [3.63, 3.8) is 0 Å². The molecule has 2 fully saturated rings. The van der Waals surface area contributed by atoms with Gasteiger partial charge in [-0.05, 0) is 43.4 Å². The van der Waals surface area contributed by atoms with E-state index < -0.39 is 18.0 Å². The van der Waals surface area contributed by atoms with Gasteiger partial charge in [-0.25, -0.2) is 0 Å². The summed E-state index contributed by atoms with van der Waals surface area (Å²) in [5.74, 6) is -1.44. The molecule has 0 bridgehead atoms. The molecular weight excluding hydrogens is 384 g/mol. The number of nitrogens with one attached hydrogen (secondary N) is 1. The van der Waals surface area contributed by atoms with Crippen molar-refractivity contribution in [2.75, 3.05) is 11.9 Å². The summed E-state index contributed by atoms with van der Waals surface area (Å²) in [4.78, 5) is 50.6. The van der Waals surface area contributed by atoms with E-state index in [0.717, 1.165) is 25.7 Å². The summed E-state index contributed by atoms with van der Waals surface area (Å²) in [6.07, 6.45) is 2.32. The first-order valence-corrected chi connectivity index (χ1v) is 10.7. The fraction of sp³-hybridized carbons (Fsp3) is 0.565. The van der Waals surface area contributed by atoms with E-state index in [2.05, 4.69) is 19.2 Å². The van der Waals surface area contributed by atoms with E-state index in [0.29, 0.717) is 11.6 Å². The van der Waals surface area contributed by atoms with E-state index in [9.17, 15) is 19.2 Å². The number of ether oxygens (including phenoxy) is 1. The van der Waals surface area contributed by atoms with Gasteiger partial charge in [0.1, 0.15) is 0 Å². The van der Waals surface area contributed by atoms with Crippen LogP contribution in [0.5, 0.6) is 0 Å². The molecule has 0 aromatic heterocycles. The molecule has 162 valence electrons. The Bertz CT molecular complexity index is 793. The Hall–Kier alpha value is -2.70. The molecule has 1 aliphatic heterocycles. The third-order valence-corrected chi connectivity index (χ3v) is 5.99. The summed E-state index contributed by atoms with van der Waals surface area (Å²) in [5, 5.41) is 2.72. The van der Waals surface area contributed by atoms with E-state index in [1.807, 2.05) is 24.3 Å². The van der Waals surface area contributed by atoms with Crippen LogP contribution in [0.1, 0.15) is 64.4 Å². The van der Waals surface area contributed by atoms with Crippen molar-refractivity contribution < 1.29 is 23.9 Å². The predicted octanol–water partition coefficient (Wildman–Crippen LogP) is 3.25. The van der Waals surface area contributed by atoms with Crippen molar-refractivity contribution >= 4 is 29.4 Å². The van der Waals surface area contributed by atoms with E-state index in [1.54, 1.807) is 0 Å². The second-order valence-electron chi connectivity index (χ2n) is 8.47. The first kappa shape index (κ1) is 22.0. The number of esters is 1. The number of carbonyl (C=O) groups excluding carboxylic acids is 4. The number of nitrogens with zero attached hydrogens (tertiary/aromatic N) is 1. The van der Waals surface area contributed by atoms with Gasteiger partial charge in [-0.3, -0.25) is 24.1 Å². The molecule has 3 amide bonds. The highest BCUT2D eigenvalue weighted by Gasteiger charge is 2.47. The molecule has 1 aliphatic carbocycles. The number of amides is 3. The molecule has 7 heteroatoms. The molecule has 1 saturated carbocycles. The number of benzene rings is 1. The van der Waals surface area contributed by atoms with E-state index >= 15 is 0 Å². The summed E-state index contributed by atoms with van der Waals surface area (Å²) in [6, 6.07) is 7.51. The van der Waals surface area contributed by atoms with Gasteiger partial charge in [-0.15, -0.1) is 0 Å². The Morgan fingerprint density at radius 2 is 1.60 bits per heavy atom. The minimum atomic E-state index is -0.977. The predicted molar refractivity (Wildman–Crippen MR) is 111 cm³/mol. The quantitative estimate of drug-likeness (QED) is 0.546. The molecule has 30 heavy (non-hydrogen) atoms. The van der Waals surface area contributed by atoms with Crippen LogP contribution in [0.3, 0.4) is 0 Å². The number of carbonyl (C=O) groups is 4. The van der Waals surface area contributed by atoms with Gasteiger partial charge in [0, 0.05) is 12.2 Å². The minimum absolute atomic E-state index is 0.00844. The number of hydrogen-bond acceptors (Lipinski definition) is 5. The van der Waals surface area contributed by atoms with Crippen LogP contribution < -0.4 is 5.32 Å². The van der Waals surface area contributed by atoms with Crippen molar-refractivity contribution in [2.24, 2.45) is 11.8 Å². The number of imide groups is 1. The van der Waals surface area contributed by atoms with Crippen LogP contribution in [-0.4, -0.2) is 41.2 Å². The van der Waals surface area contributed by atoms with Gasteiger partial charge < -0.3 is 10.1 Å². The van der Waals surface area contributed by atoms with E-state index in [4.69, 9.17) is 4.74 Å². The molecular formula is C23H30N2O5. The molecule has 0 spiro atoms. The molecule has 1 heterocycles. The Morgan fingerprint density at radius 1 is 1.03 bits per heavy atom. The zero-order chi connectivity index (χ0) is 21.8. The summed E-state index contributed by atoms with van der Waals surface area (Å²) >= 11 is 0. The molecule has 0 radical (unpaired) electrons. The van der Waals surface area contributed by atoms with Crippen LogP contribution in [0.4, 0.5) is 5.69 Å². The number of hydrogen-bond donors (Lipinski definition) is 1. The van der Waals surface area contributed by atoms with Crippen LogP contribution in [0.25, 0.3) is 0 Å². The third kappa shape index (κ3) is 4.89. The van der Waals surface area contributed by atoms with E-state index in [1.165, 1.54) is 17.4 Å². The van der Waals surface area contributed by atoms with Crippen molar-refractivity contribution in [2.45, 2.75) is 64.9 Å². The molecule has 0 unspecified atom stereocenters. The Morgan fingerprint density at radius 3 is 2.13 bits per heavy atom. The van der Waals surface area contributed by atoms with Crippen LogP contribution >= 0.6 is 0 Å². The average Bonchev–Trinajstić information content (AvgIpc) is 2.97. The summed E-state index contributed by atoms with van der Waals surface area (Å²) < 4.78 is 5.20.